The number of hydrazone groups is 1. The highest BCUT2D eigenvalue weighted by Gasteiger charge is 2.30. The molecule has 0 unspecified atom stereocenters. The van der Waals surface area contributed by atoms with Gasteiger partial charge in [-0.25, -0.2) is 10.4 Å². The Kier molecular flexibility index (Phi) is 8.20. The van der Waals surface area contributed by atoms with Crippen molar-refractivity contribution in [2.45, 2.75) is 6.18 Å². The molecule has 1 fully saturated rings. The first-order chi connectivity index (χ1) is 17.3. The number of halogens is 4. The number of benzene rings is 1. The Morgan fingerprint density at radius 3 is 2.67 bits per heavy atom. The normalized spacial score (nSPS) is 14.1. The molecule has 1 aliphatic heterocycles. The van der Waals surface area contributed by atoms with Crippen molar-refractivity contribution in [1.29, 1.82) is 0 Å². The largest absolute Gasteiger partial charge is 0.416 e. The first-order valence-electron chi connectivity index (χ1n) is 10.7. The van der Waals surface area contributed by atoms with Crippen LogP contribution in [0, 0.1) is 3.57 Å². The zero-order valence-corrected chi connectivity index (χ0v) is 21.0. The van der Waals surface area contributed by atoms with Gasteiger partial charge in [-0.1, -0.05) is 31.3 Å². The fraction of sp³-hybridized carbons (Fsp3) is 0.217. The molecule has 3 heterocycles. The van der Waals surface area contributed by atoms with E-state index in [1.807, 2.05) is 0 Å². The van der Waals surface area contributed by atoms with E-state index in [4.69, 9.17) is 4.74 Å². The van der Waals surface area contributed by atoms with Gasteiger partial charge in [0.2, 0.25) is 5.95 Å². The van der Waals surface area contributed by atoms with Gasteiger partial charge in [-0.2, -0.15) is 23.3 Å². The molecular weight excluding hydrogens is 590 g/mol. The molecular formula is C23H21F3IN7O2. The predicted molar refractivity (Wildman–Crippen MR) is 140 cm³/mol. The second-order valence-corrected chi connectivity index (χ2v) is 9.40. The van der Waals surface area contributed by atoms with Crippen LogP contribution >= 0.6 is 20.7 Å². The van der Waals surface area contributed by atoms with E-state index >= 15 is 0 Å². The van der Waals surface area contributed by atoms with Crippen molar-refractivity contribution in [1.82, 2.24) is 15.0 Å². The molecule has 2 aromatic heterocycles. The van der Waals surface area contributed by atoms with Gasteiger partial charge in [0.15, 0.2) is 0 Å². The van der Waals surface area contributed by atoms with E-state index < -0.39 is 38.4 Å². The monoisotopic (exact) mass is 611 g/mol. The van der Waals surface area contributed by atoms with Gasteiger partial charge < -0.3 is 15.0 Å². The molecule has 1 aromatic carbocycles. The van der Waals surface area contributed by atoms with E-state index in [0.717, 1.165) is 34.6 Å². The maximum Gasteiger partial charge on any atom is 0.416 e. The summed E-state index contributed by atoms with van der Waals surface area (Å²) in [4.78, 5) is 27.5. The number of anilines is 3. The van der Waals surface area contributed by atoms with Crippen molar-refractivity contribution in [2.24, 2.45) is 5.10 Å². The fourth-order valence-corrected chi connectivity index (χ4v) is 4.39. The van der Waals surface area contributed by atoms with Gasteiger partial charge in [0, 0.05) is 31.2 Å². The summed E-state index contributed by atoms with van der Waals surface area (Å²) in [5.74, 6) is 0.579. The molecule has 0 spiro atoms. The fourth-order valence-electron chi connectivity index (χ4n) is 3.25. The van der Waals surface area contributed by atoms with Gasteiger partial charge in [0.05, 0.1) is 39.8 Å². The molecule has 188 valence electrons. The van der Waals surface area contributed by atoms with Crippen molar-refractivity contribution in [3.05, 3.63) is 69.2 Å². The Balaban J connectivity index is 1.38. The molecule has 1 saturated heterocycles. The number of hydrogen-bond acceptors (Lipinski definition) is 8. The first-order valence-corrected chi connectivity index (χ1v) is 13.3. The van der Waals surface area contributed by atoms with Crippen molar-refractivity contribution in [3.63, 3.8) is 0 Å². The van der Waals surface area contributed by atoms with Crippen molar-refractivity contribution in [3.8, 4) is 0 Å². The number of nitrogens with one attached hydrogen (secondary N) is 2. The molecule has 2 N–H and O–H groups in total. The Hall–Kier alpha value is -3.46. The lowest BCUT2D eigenvalue weighted by Gasteiger charge is -2.28. The van der Waals surface area contributed by atoms with Gasteiger partial charge in [-0.05, 0) is 30.3 Å². The van der Waals surface area contributed by atoms with Gasteiger partial charge in [-0.15, -0.1) is 0 Å². The highest BCUT2D eigenvalue weighted by molar-refractivity contribution is 14.2. The maximum absolute atomic E-state index is 12.9. The summed E-state index contributed by atoms with van der Waals surface area (Å²) in [6.45, 7) is 2.76. The smallest absolute Gasteiger partial charge is 0.378 e. The summed E-state index contributed by atoms with van der Waals surface area (Å²) in [5, 5.41) is 6.55. The maximum atomic E-state index is 12.9. The number of carbonyl (C=O) groups is 1. The second-order valence-electron chi connectivity index (χ2n) is 7.47. The number of amides is 1. The van der Waals surface area contributed by atoms with E-state index in [1.165, 1.54) is 30.6 Å². The number of aromatic nitrogens is 3. The van der Waals surface area contributed by atoms with Crippen molar-refractivity contribution >= 4 is 54.8 Å². The Morgan fingerprint density at radius 2 is 1.97 bits per heavy atom. The van der Waals surface area contributed by atoms with E-state index in [2.05, 4.69) is 40.2 Å². The van der Waals surface area contributed by atoms with Gasteiger partial charge in [0.25, 0.3) is 5.91 Å². The highest BCUT2D eigenvalue weighted by atomic mass is 127. The van der Waals surface area contributed by atoms with Gasteiger partial charge >= 0.3 is 6.18 Å². The number of morpholine rings is 1. The van der Waals surface area contributed by atoms with Gasteiger partial charge in [-0.3, -0.25) is 9.78 Å². The van der Waals surface area contributed by atoms with Gasteiger partial charge in [0.1, 0.15) is 5.82 Å². The summed E-state index contributed by atoms with van der Waals surface area (Å²) in [6.07, 6.45) is 0.00748. The van der Waals surface area contributed by atoms with E-state index in [1.54, 1.807) is 12.3 Å². The van der Waals surface area contributed by atoms with Crippen LogP contribution in [0.15, 0.2) is 53.9 Å². The number of ether oxygens (including phenoxy) is 1. The predicted octanol–water partition coefficient (Wildman–Crippen LogP) is 4.00. The number of nitrogens with zero attached hydrogens (tertiary/aromatic N) is 5. The van der Waals surface area contributed by atoms with Crippen molar-refractivity contribution in [2.75, 3.05) is 41.9 Å². The van der Waals surface area contributed by atoms with Crippen LogP contribution in [0.25, 0.3) is 0 Å². The standard InChI is InChI=1S/C23H21F3IN7O2/c1-27-19-14-29-22(32-20(19)34-7-9-36-10-8-34)33-30-13-18-6-5-15(12-28-18)21(35)31-17-4-2-3-16(11-17)23(24,25)26/h2-6,11-14H,1,7-10H2,(H,31,35)(H,29,32,33)/b30-13+. The summed E-state index contributed by atoms with van der Waals surface area (Å²) in [6, 6.07) is 7.47. The molecule has 0 aliphatic carbocycles. The molecule has 13 heteroatoms. The minimum atomic E-state index is -4.50. The number of pyridine rings is 1. The summed E-state index contributed by atoms with van der Waals surface area (Å²) in [7, 11) is 0. The van der Waals surface area contributed by atoms with Crippen molar-refractivity contribution < 1.29 is 22.7 Å². The Morgan fingerprint density at radius 1 is 1.17 bits per heavy atom. The van der Waals surface area contributed by atoms with Crippen LogP contribution in [-0.4, -0.2) is 57.9 Å². The molecule has 0 atom stereocenters. The number of rotatable bonds is 7. The quantitative estimate of drug-likeness (QED) is 0.237. The van der Waals surface area contributed by atoms with Crippen LogP contribution in [0.2, 0.25) is 0 Å². The molecule has 0 saturated carbocycles. The summed E-state index contributed by atoms with van der Waals surface area (Å²) >= 11 is -0.452. The lowest BCUT2D eigenvalue weighted by atomic mass is 10.2. The minimum Gasteiger partial charge on any atom is -0.378 e. The average molecular weight is 611 g/mol. The van der Waals surface area contributed by atoms with Crippen LogP contribution in [0.4, 0.5) is 30.6 Å². The first kappa shape index (κ1) is 25.6. The topological polar surface area (TPSA) is 105 Å². The van der Waals surface area contributed by atoms with Crippen LogP contribution in [0.3, 0.4) is 0 Å². The second kappa shape index (κ2) is 11.5. The van der Waals surface area contributed by atoms with Crippen LogP contribution in [0.1, 0.15) is 21.6 Å². The van der Waals surface area contributed by atoms with E-state index in [9.17, 15) is 18.0 Å². The van der Waals surface area contributed by atoms with E-state index in [-0.39, 0.29) is 11.3 Å². The molecule has 0 bridgehead atoms. The SMILES string of the molecule is C=Ic1cnc(N/N=C/c2ccc(C(=O)Nc3cccc(C(F)(F)F)c3)cn2)nc1N1CCOCC1. The molecule has 4 rings (SSSR count). The molecule has 1 aliphatic rings. The third-order valence-corrected chi connectivity index (χ3v) is 6.62. The molecule has 9 nitrogen and oxygen atoms in total. The number of hydrogen-bond donors (Lipinski definition) is 2. The number of alkyl halides is 3. The third kappa shape index (κ3) is 6.60. The summed E-state index contributed by atoms with van der Waals surface area (Å²) < 4.78 is 49.1. The van der Waals surface area contributed by atoms with Crippen LogP contribution in [0.5, 0.6) is 0 Å². The Labute approximate surface area is 214 Å². The highest BCUT2D eigenvalue weighted by Crippen LogP contribution is 2.30. The van der Waals surface area contributed by atoms with E-state index in [0.29, 0.717) is 24.9 Å². The van der Waals surface area contributed by atoms with Crippen LogP contribution < -0.4 is 15.6 Å². The lowest BCUT2D eigenvalue weighted by Crippen LogP contribution is -2.37. The molecule has 0 radical (unpaired) electrons. The molecule has 3 aromatic rings. The zero-order chi connectivity index (χ0) is 25.5. The van der Waals surface area contributed by atoms with Crippen LogP contribution in [-0.2, 0) is 10.9 Å². The number of carbonyl (C=O) groups excluding carboxylic acids is 1. The molecule has 36 heavy (non-hydrogen) atoms. The summed E-state index contributed by atoms with van der Waals surface area (Å²) in [5.41, 5.74) is 2.60. The minimum absolute atomic E-state index is 0.0353. The molecule has 1 amide bonds. The Bertz CT molecular complexity index is 1260. The zero-order valence-electron chi connectivity index (χ0n) is 18.8. The average Bonchev–Trinajstić information content (AvgIpc) is 2.89. The lowest BCUT2D eigenvalue weighted by molar-refractivity contribution is -0.137. The third-order valence-electron chi connectivity index (χ3n) is 5.04.